The molecule has 0 unspecified atom stereocenters. The number of fused-ring (bicyclic) bond motifs is 2. The molecule has 3 rings (SSSR count). The molecule has 3 saturated heterocycles. The highest BCUT2D eigenvalue weighted by molar-refractivity contribution is 7.80. The third kappa shape index (κ3) is 9.05. The zero-order valence-corrected chi connectivity index (χ0v) is 24.1. The van der Waals surface area contributed by atoms with Gasteiger partial charge >= 0.3 is 28.6 Å². The Morgan fingerprint density at radius 2 is 1.52 bits per heavy atom. The largest absolute Gasteiger partial charge is 0.444 e. The molecular weight excluding hydrogens is 556 g/mol. The lowest BCUT2D eigenvalue weighted by atomic mass is 10.0. The fourth-order valence-corrected chi connectivity index (χ4v) is 4.84. The molecule has 0 aromatic rings. The number of likely N-dealkylation sites (tertiary alicyclic amines) is 1. The zero-order chi connectivity index (χ0) is 30.0. The van der Waals surface area contributed by atoms with Crippen LogP contribution >= 0.6 is 0 Å². The maximum absolute atomic E-state index is 12.8. The molecule has 228 valence electrons. The van der Waals surface area contributed by atoms with Gasteiger partial charge in [-0.25, -0.2) is 19.9 Å². The standard InChI is InChI=1S/C22H38N6O11S/c1-21(2,3)36-18(30)23-17(24-19(31)37-22(4,5)6)26-10-9-14(12-26)38-25-16(29)15-8-7-13-11-27(15)20(32)28(13)39-40(33,34)35/h13-15,17H,7-12H2,1-6H3,(H,23,30)(H,24,31)(H,25,29)(H,33,34,35)/t13-,14+,15+/m1/s1. The van der Waals surface area contributed by atoms with E-state index in [0.29, 0.717) is 18.0 Å². The molecule has 0 radical (unpaired) electrons. The Hall–Kier alpha value is -2.93. The number of carbonyl (C=O) groups is 4. The molecule has 0 aliphatic carbocycles. The quantitative estimate of drug-likeness (QED) is 0.172. The minimum Gasteiger partial charge on any atom is -0.444 e. The number of hydrogen-bond acceptors (Lipinski definition) is 11. The first kappa shape index (κ1) is 31.6. The maximum Gasteiger partial charge on any atom is 0.418 e. The molecule has 2 bridgehead atoms. The number of hydroxylamine groups is 3. The summed E-state index contributed by atoms with van der Waals surface area (Å²) in [6.45, 7) is 10.8. The Bertz CT molecular complexity index is 1060. The van der Waals surface area contributed by atoms with Crippen molar-refractivity contribution >= 4 is 34.5 Å². The van der Waals surface area contributed by atoms with Gasteiger partial charge < -0.3 is 14.4 Å². The maximum atomic E-state index is 12.8. The lowest BCUT2D eigenvalue weighted by Crippen LogP contribution is -2.59. The molecule has 3 aliphatic rings. The van der Waals surface area contributed by atoms with Crippen LogP contribution in [0.1, 0.15) is 60.8 Å². The Morgan fingerprint density at radius 1 is 0.950 bits per heavy atom. The van der Waals surface area contributed by atoms with Crippen LogP contribution in [0.4, 0.5) is 14.4 Å². The van der Waals surface area contributed by atoms with Gasteiger partial charge in [0.25, 0.3) is 5.91 Å². The fraction of sp³-hybridized carbons (Fsp3) is 0.818. The molecule has 0 spiro atoms. The van der Waals surface area contributed by atoms with Crippen molar-refractivity contribution in [3.63, 3.8) is 0 Å². The van der Waals surface area contributed by atoms with Crippen LogP contribution in [0.15, 0.2) is 0 Å². The van der Waals surface area contributed by atoms with Crippen molar-refractivity contribution in [1.82, 2.24) is 31.0 Å². The lowest BCUT2D eigenvalue weighted by molar-refractivity contribution is -0.143. The van der Waals surface area contributed by atoms with Gasteiger partial charge in [-0.15, -0.1) is 4.28 Å². The average Bonchev–Trinajstić information content (AvgIpc) is 3.33. The molecule has 0 saturated carbocycles. The Balaban J connectivity index is 1.56. The minimum absolute atomic E-state index is 0.0397. The van der Waals surface area contributed by atoms with E-state index >= 15 is 0 Å². The highest BCUT2D eigenvalue weighted by Gasteiger charge is 2.49. The van der Waals surface area contributed by atoms with E-state index in [1.54, 1.807) is 46.4 Å². The third-order valence-electron chi connectivity index (χ3n) is 5.97. The molecule has 17 nitrogen and oxygen atoms in total. The molecule has 0 aromatic carbocycles. The minimum atomic E-state index is -4.90. The summed E-state index contributed by atoms with van der Waals surface area (Å²) in [5.41, 5.74) is 0.811. The van der Waals surface area contributed by atoms with Gasteiger partial charge in [-0.3, -0.25) is 29.7 Å². The van der Waals surface area contributed by atoms with Gasteiger partial charge in [0.05, 0.1) is 12.1 Å². The third-order valence-corrected chi connectivity index (χ3v) is 6.32. The lowest BCUT2D eigenvalue weighted by Gasteiger charge is -2.31. The number of nitrogens with one attached hydrogen (secondary N) is 3. The summed E-state index contributed by atoms with van der Waals surface area (Å²) in [6.07, 6.45) is -2.14. The van der Waals surface area contributed by atoms with Crippen LogP contribution in [-0.2, 0) is 33.8 Å². The smallest absolute Gasteiger partial charge is 0.418 e. The van der Waals surface area contributed by atoms with Gasteiger partial charge in [-0.1, -0.05) is 0 Å². The van der Waals surface area contributed by atoms with Gasteiger partial charge in [0.2, 0.25) is 0 Å². The van der Waals surface area contributed by atoms with Crippen LogP contribution in [0.5, 0.6) is 0 Å². The topological polar surface area (TPSA) is 205 Å². The highest BCUT2D eigenvalue weighted by Crippen LogP contribution is 2.30. The molecule has 3 heterocycles. The first-order valence-corrected chi connectivity index (χ1v) is 14.1. The Kier molecular flexibility index (Phi) is 9.40. The molecule has 0 aromatic heterocycles. The predicted octanol–water partition coefficient (Wildman–Crippen LogP) is 0.445. The number of nitrogens with zero attached hydrogens (tertiary/aromatic N) is 3. The van der Waals surface area contributed by atoms with Crippen molar-refractivity contribution in [3.8, 4) is 0 Å². The molecular formula is C22H38N6O11S. The van der Waals surface area contributed by atoms with Crippen LogP contribution in [0.25, 0.3) is 0 Å². The summed E-state index contributed by atoms with van der Waals surface area (Å²) in [7, 11) is -4.90. The number of amides is 5. The van der Waals surface area contributed by atoms with E-state index in [9.17, 15) is 27.6 Å². The second-order valence-electron chi connectivity index (χ2n) is 11.7. The summed E-state index contributed by atoms with van der Waals surface area (Å²) in [5.74, 6) is -0.616. The SMILES string of the molecule is CC(C)(C)OC(=O)NC(NC(=O)OC(C)(C)C)N1CC[C@H](ONC(=O)[C@@H]2CC[C@@H]3CN2C(=O)N3OS(=O)(=O)O)C1. The molecule has 40 heavy (non-hydrogen) atoms. The summed E-state index contributed by atoms with van der Waals surface area (Å²) < 4.78 is 46.0. The Labute approximate surface area is 232 Å². The van der Waals surface area contributed by atoms with E-state index in [4.69, 9.17) is 18.9 Å². The van der Waals surface area contributed by atoms with Crippen LogP contribution in [0, 0.1) is 0 Å². The van der Waals surface area contributed by atoms with Crippen molar-refractivity contribution in [3.05, 3.63) is 0 Å². The molecule has 3 atom stereocenters. The molecule has 3 fully saturated rings. The summed E-state index contributed by atoms with van der Waals surface area (Å²) in [5, 5.41) is 5.75. The number of hydrogen-bond donors (Lipinski definition) is 4. The van der Waals surface area contributed by atoms with E-state index in [0.717, 1.165) is 4.90 Å². The first-order valence-electron chi connectivity index (χ1n) is 12.8. The molecule has 18 heteroatoms. The van der Waals surface area contributed by atoms with Crippen molar-refractivity contribution in [2.45, 2.75) is 96.5 Å². The van der Waals surface area contributed by atoms with E-state index in [1.165, 1.54) is 0 Å². The Morgan fingerprint density at radius 3 is 2.05 bits per heavy atom. The van der Waals surface area contributed by atoms with E-state index < -0.39 is 70.2 Å². The van der Waals surface area contributed by atoms with Gasteiger partial charge in [-0.2, -0.15) is 13.5 Å². The number of carbonyl (C=O) groups excluding carboxylic acids is 4. The molecule has 3 aliphatic heterocycles. The highest BCUT2D eigenvalue weighted by atomic mass is 32.3. The van der Waals surface area contributed by atoms with E-state index in [1.807, 2.05) is 0 Å². The molecule has 4 N–H and O–H groups in total. The summed E-state index contributed by atoms with van der Waals surface area (Å²) >= 11 is 0. The summed E-state index contributed by atoms with van der Waals surface area (Å²) in [4.78, 5) is 58.6. The van der Waals surface area contributed by atoms with Crippen molar-refractivity contribution in [2.24, 2.45) is 0 Å². The second-order valence-corrected chi connectivity index (χ2v) is 12.7. The zero-order valence-electron chi connectivity index (χ0n) is 23.3. The number of piperidine rings is 1. The normalized spacial score (nSPS) is 23.8. The summed E-state index contributed by atoms with van der Waals surface area (Å²) in [6, 6.07) is -2.43. The van der Waals surface area contributed by atoms with Gasteiger partial charge in [0, 0.05) is 19.6 Å². The van der Waals surface area contributed by atoms with E-state index in [-0.39, 0.29) is 25.9 Å². The van der Waals surface area contributed by atoms with Crippen LogP contribution in [-0.4, -0.2) is 107 Å². The predicted molar refractivity (Wildman–Crippen MR) is 135 cm³/mol. The average molecular weight is 595 g/mol. The van der Waals surface area contributed by atoms with Gasteiger partial charge in [-0.05, 0) is 60.8 Å². The molecule has 5 amide bonds. The van der Waals surface area contributed by atoms with Crippen molar-refractivity contribution < 1.29 is 50.7 Å². The van der Waals surface area contributed by atoms with Crippen LogP contribution in [0.2, 0.25) is 0 Å². The number of rotatable bonds is 8. The monoisotopic (exact) mass is 594 g/mol. The fourth-order valence-electron chi connectivity index (χ4n) is 4.46. The van der Waals surface area contributed by atoms with Crippen molar-refractivity contribution in [2.75, 3.05) is 19.6 Å². The van der Waals surface area contributed by atoms with Gasteiger partial charge in [0.1, 0.15) is 17.2 Å². The first-order chi connectivity index (χ1) is 18.3. The van der Waals surface area contributed by atoms with Crippen molar-refractivity contribution in [1.29, 1.82) is 0 Å². The number of urea groups is 1. The van der Waals surface area contributed by atoms with Gasteiger partial charge in [0.15, 0.2) is 6.29 Å². The number of ether oxygens (including phenoxy) is 2. The number of alkyl carbamates (subject to hydrolysis) is 2. The van der Waals surface area contributed by atoms with Crippen LogP contribution < -0.4 is 16.1 Å². The van der Waals surface area contributed by atoms with E-state index in [2.05, 4.69) is 20.4 Å². The second kappa shape index (κ2) is 11.9. The van der Waals surface area contributed by atoms with Crippen LogP contribution in [0.3, 0.4) is 0 Å².